The molecule has 0 aliphatic heterocycles. The van der Waals surface area contributed by atoms with Crippen molar-refractivity contribution in [3.8, 4) is 0 Å². The van der Waals surface area contributed by atoms with Crippen molar-refractivity contribution in [2.75, 3.05) is 33.9 Å². The largest absolute Gasteiger partial charge is 0.385 e. The van der Waals surface area contributed by atoms with Crippen molar-refractivity contribution in [1.29, 1.82) is 0 Å². The molecule has 120 valence electrons. The number of benzene rings is 1. The summed E-state index contributed by atoms with van der Waals surface area (Å²) in [5.41, 5.74) is 1.09. The summed E-state index contributed by atoms with van der Waals surface area (Å²) >= 11 is 0. The van der Waals surface area contributed by atoms with E-state index in [4.69, 9.17) is 4.74 Å². The molecule has 0 heterocycles. The van der Waals surface area contributed by atoms with Crippen LogP contribution in [0.2, 0.25) is 0 Å². The van der Waals surface area contributed by atoms with Crippen LogP contribution in [0.1, 0.15) is 25.3 Å². The normalized spacial score (nSPS) is 12.0. The number of hydrogen-bond acceptors (Lipinski definition) is 4. The zero-order chi connectivity index (χ0) is 15.7. The van der Waals surface area contributed by atoms with Gasteiger partial charge in [0.2, 0.25) is 10.0 Å². The highest BCUT2D eigenvalue weighted by Crippen LogP contribution is 2.15. The summed E-state index contributed by atoms with van der Waals surface area (Å²) < 4.78 is 31.1. The first-order chi connectivity index (χ1) is 10.0. The second-order valence-electron chi connectivity index (χ2n) is 4.99. The van der Waals surface area contributed by atoms with Gasteiger partial charge in [0.15, 0.2) is 0 Å². The van der Waals surface area contributed by atoms with E-state index in [0.717, 1.165) is 25.1 Å². The van der Waals surface area contributed by atoms with E-state index in [-0.39, 0.29) is 0 Å². The SMILES string of the molecule is CCCNCc1ccc(S(=O)(=O)N(C)CCCOC)cc1. The minimum absolute atomic E-state index is 0.335. The molecule has 1 aromatic carbocycles. The van der Waals surface area contributed by atoms with E-state index in [1.165, 1.54) is 4.31 Å². The highest BCUT2D eigenvalue weighted by atomic mass is 32.2. The third kappa shape index (κ3) is 5.74. The number of hydrogen-bond donors (Lipinski definition) is 1. The maximum atomic E-state index is 12.4. The maximum Gasteiger partial charge on any atom is 0.242 e. The minimum Gasteiger partial charge on any atom is -0.385 e. The van der Waals surface area contributed by atoms with Gasteiger partial charge in [0.25, 0.3) is 0 Å². The highest BCUT2D eigenvalue weighted by Gasteiger charge is 2.19. The van der Waals surface area contributed by atoms with Crippen molar-refractivity contribution < 1.29 is 13.2 Å². The lowest BCUT2D eigenvalue weighted by molar-refractivity contribution is 0.189. The van der Waals surface area contributed by atoms with E-state index in [9.17, 15) is 8.42 Å². The summed E-state index contributed by atoms with van der Waals surface area (Å²) in [5, 5.41) is 3.29. The number of rotatable bonds is 10. The Kier molecular flexibility index (Phi) is 7.88. The third-order valence-corrected chi connectivity index (χ3v) is 5.08. The molecule has 0 fully saturated rings. The predicted octanol–water partition coefficient (Wildman–Crippen LogP) is 1.84. The standard InChI is InChI=1S/C15H26N2O3S/c1-4-10-16-13-14-6-8-15(9-7-14)21(18,19)17(2)11-5-12-20-3/h6-9,16H,4-5,10-13H2,1-3H3. The van der Waals surface area contributed by atoms with Gasteiger partial charge in [-0.15, -0.1) is 0 Å². The fraction of sp³-hybridized carbons (Fsp3) is 0.600. The fourth-order valence-corrected chi connectivity index (χ4v) is 3.13. The van der Waals surface area contributed by atoms with E-state index in [1.807, 2.05) is 12.1 Å². The van der Waals surface area contributed by atoms with Crippen LogP contribution in [0, 0.1) is 0 Å². The van der Waals surface area contributed by atoms with Gasteiger partial charge in [-0.2, -0.15) is 0 Å². The molecule has 0 atom stereocenters. The van der Waals surface area contributed by atoms with Crippen LogP contribution in [0.5, 0.6) is 0 Å². The van der Waals surface area contributed by atoms with Crippen molar-refractivity contribution in [2.45, 2.75) is 31.2 Å². The molecular formula is C15H26N2O3S. The van der Waals surface area contributed by atoms with Gasteiger partial charge in [-0.25, -0.2) is 12.7 Å². The Morgan fingerprint density at radius 2 is 1.90 bits per heavy atom. The molecule has 0 amide bonds. The summed E-state index contributed by atoms with van der Waals surface area (Å²) in [7, 11) is -0.194. The summed E-state index contributed by atoms with van der Waals surface area (Å²) in [4.78, 5) is 0.335. The Morgan fingerprint density at radius 1 is 1.24 bits per heavy atom. The molecule has 0 aliphatic carbocycles. The van der Waals surface area contributed by atoms with Crippen LogP contribution in [0.4, 0.5) is 0 Å². The molecule has 0 saturated heterocycles. The van der Waals surface area contributed by atoms with E-state index in [1.54, 1.807) is 26.3 Å². The molecule has 1 N–H and O–H groups in total. The van der Waals surface area contributed by atoms with Gasteiger partial charge in [-0.3, -0.25) is 0 Å². The van der Waals surface area contributed by atoms with E-state index >= 15 is 0 Å². The van der Waals surface area contributed by atoms with Crippen molar-refractivity contribution in [3.63, 3.8) is 0 Å². The first kappa shape index (κ1) is 18.1. The van der Waals surface area contributed by atoms with E-state index in [0.29, 0.717) is 24.5 Å². The Hall–Kier alpha value is -0.950. The van der Waals surface area contributed by atoms with Gasteiger partial charge in [0.1, 0.15) is 0 Å². The quantitative estimate of drug-likeness (QED) is 0.670. The van der Waals surface area contributed by atoms with E-state index in [2.05, 4.69) is 12.2 Å². The Bertz CT molecular complexity index is 500. The number of ether oxygens (including phenoxy) is 1. The maximum absolute atomic E-state index is 12.4. The molecule has 0 saturated carbocycles. The van der Waals surface area contributed by atoms with Crippen molar-refractivity contribution in [2.24, 2.45) is 0 Å². The zero-order valence-electron chi connectivity index (χ0n) is 13.1. The summed E-state index contributed by atoms with van der Waals surface area (Å²) in [6.45, 7) is 4.85. The van der Waals surface area contributed by atoms with Gasteiger partial charge >= 0.3 is 0 Å². The van der Waals surface area contributed by atoms with Gasteiger partial charge in [0, 0.05) is 33.9 Å². The number of sulfonamides is 1. The van der Waals surface area contributed by atoms with Crippen LogP contribution >= 0.6 is 0 Å². The van der Waals surface area contributed by atoms with Gasteiger partial charge in [0.05, 0.1) is 4.90 Å². The lowest BCUT2D eigenvalue weighted by Crippen LogP contribution is -2.28. The van der Waals surface area contributed by atoms with Crippen LogP contribution in [0.15, 0.2) is 29.2 Å². The lowest BCUT2D eigenvalue weighted by atomic mass is 10.2. The number of nitrogens with zero attached hydrogens (tertiary/aromatic N) is 1. The average molecular weight is 314 g/mol. The summed E-state index contributed by atoms with van der Waals surface area (Å²) in [5.74, 6) is 0. The van der Waals surface area contributed by atoms with Gasteiger partial charge in [-0.05, 0) is 37.1 Å². The van der Waals surface area contributed by atoms with Crippen LogP contribution < -0.4 is 5.32 Å². The molecule has 0 aliphatic rings. The minimum atomic E-state index is -3.40. The van der Waals surface area contributed by atoms with Crippen LogP contribution in [0.25, 0.3) is 0 Å². The molecular weight excluding hydrogens is 288 g/mol. The second kappa shape index (κ2) is 9.15. The molecule has 0 bridgehead atoms. The van der Waals surface area contributed by atoms with Crippen LogP contribution in [0.3, 0.4) is 0 Å². The fourth-order valence-electron chi connectivity index (χ4n) is 1.92. The monoisotopic (exact) mass is 314 g/mol. The zero-order valence-corrected chi connectivity index (χ0v) is 13.9. The first-order valence-electron chi connectivity index (χ1n) is 7.27. The molecule has 5 nitrogen and oxygen atoms in total. The van der Waals surface area contributed by atoms with Gasteiger partial charge in [-0.1, -0.05) is 19.1 Å². The van der Waals surface area contributed by atoms with Gasteiger partial charge < -0.3 is 10.1 Å². The molecule has 1 aromatic rings. The van der Waals surface area contributed by atoms with E-state index < -0.39 is 10.0 Å². The average Bonchev–Trinajstić information content (AvgIpc) is 2.48. The predicted molar refractivity (Wildman–Crippen MR) is 84.7 cm³/mol. The molecule has 21 heavy (non-hydrogen) atoms. The summed E-state index contributed by atoms with van der Waals surface area (Å²) in [6.07, 6.45) is 1.77. The smallest absolute Gasteiger partial charge is 0.242 e. The van der Waals surface area contributed by atoms with Crippen molar-refractivity contribution in [1.82, 2.24) is 9.62 Å². The lowest BCUT2D eigenvalue weighted by Gasteiger charge is -2.17. The molecule has 6 heteroatoms. The highest BCUT2D eigenvalue weighted by molar-refractivity contribution is 7.89. The number of methoxy groups -OCH3 is 1. The molecule has 0 unspecified atom stereocenters. The molecule has 0 radical (unpaired) electrons. The molecule has 1 rings (SSSR count). The Labute approximate surface area is 128 Å². The van der Waals surface area contributed by atoms with Crippen molar-refractivity contribution in [3.05, 3.63) is 29.8 Å². The molecule has 0 aromatic heterocycles. The third-order valence-electron chi connectivity index (χ3n) is 3.21. The van der Waals surface area contributed by atoms with Crippen LogP contribution in [-0.2, 0) is 21.3 Å². The van der Waals surface area contributed by atoms with Crippen LogP contribution in [-0.4, -0.2) is 46.6 Å². The number of nitrogens with one attached hydrogen (secondary N) is 1. The second-order valence-corrected chi connectivity index (χ2v) is 7.04. The summed E-state index contributed by atoms with van der Waals surface area (Å²) in [6, 6.07) is 7.06. The van der Waals surface area contributed by atoms with Crippen molar-refractivity contribution >= 4 is 10.0 Å². The topological polar surface area (TPSA) is 58.6 Å². The Balaban J connectivity index is 2.66. The Morgan fingerprint density at radius 3 is 2.48 bits per heavy atom. The first-order valence-corrected chi connectivity index (χ1v) is 8.71. The molecule has 0 spiro atoms.